The molecule has 0 aliphatic rings. The van der Waals surface area contributed by atoms with Crippen molar-refractivity contribution in [1.29, 1.82) is 5.26 Å². The number of nitriles is 1. The van der Waals surface area contributed by atoms with Crippen LogP contribution in [0.25, 0.3) is 0 Å². The molecule has 0 heterocycles. The fourth-order valence-electron chi connectivity index (χ4n) is 0. The quantitative estimate of drug-likeness (QED) is 0.310. The molecule has 3 heteroatoms. The molecule has 0 aromatic heterocycles. The summed E-state index contributed by atoms with van der Waals surface area (Å²) in [6.45, 7) is 0. The largest absolute Gasteiger partial charge is 1.00 e. The molecule has 2 nitrogen and oxygen atoms in total. The van der Waals surface area contributed by atoms with Gasteiger partial charge < -0.3 is 5.11 Å². The molecule has 0 aliphatic carbocycles. The molecule has 16 valence electrons. The predicted molar refractivity (Wildman–Crippen MR) is 5.61 cm³/mol. The first kappa shape index (κ1) is 8.92. The van der Waals surface area contributed by atoms with Gasteiger partial charge in [-0.15, -0.1) is 0 Å². The van der Waals surface area contributed by atoms with Crippen LogP contribution in [0, 0.1) is 11.5 Å². The van der Waals surface area contributed by atoms with Crippen LogP contribution in [0.1, 0.15) is 0 Å². The van der Waals surface area contributed by atoms with Crippen LogP contribution in [0.15, 0.2) is 0 Å². The summed E-state index contributed by atoms with van der Waals surface area (Å²) >= 11 is 0. The summed E-state index contributed by atoms with van der Waals surface area (Å²) < 4.78 is 0. The van der Waals surface area contributed by atoms with Crippen LogP contribution >= 0.6 is 0 Å². The molecule has 4 heavy (non-hydrogen) atoms. The van der Waals surface area contributed by atoms with Gasteiger partial charge in [-0.05, 0) is 0 Å². The first-order valence-electron chi connectivity index (χ1n) is 0.428. The van der Waals surface area contributed by atoms with Crippen LogP contribution in [0.2, 0.25) is 0 Å². The van der Waals surface area contributed by atoms with Gasteiger partial charge in [0.2, 0.25) is 0 Å². The Labute approximate surface area is 73.2 Å². The Hall–Kier alpha value is 1.10. The van der Waals surface area contributed by atoms with Crippen LogP contribution in [0.5, 0.6) is 0 Å². The van der Waals surface area contributed by atoms with E-state index in [0.717, 1.165) is 0 Å². The van der Waals surface area contributed by atoms with Gasteiger partial charge >= 0.3 is 58.2 Å². The second-order valence-electron chi connectivity index (χ2n) is 0.0913. The fraction of sp³-hybridized carbons (Fsp3) is 0. The molecule has 0 radical (unpaired) electrons. The first-order chi connectivity index (χ1) is 1.41. The van der Waals surface area contributed by atoms with Gasteiger partial charge in [-0.2, -0.15) is 0 Å². The monoisotopic (exact) mass is 127 g/mol. The van der Waals surface area contributed by atoms with Crippen LogP contribution in [-0.2, 0) is 0 Å². The minimum Gasteiger partial charge on any atom is -0.812 e. The van der Waals surface area contributed by atoms with Crippen molar-refractivity contribution >= 4 is 0 Å². The first-order valence-corrected chi connectivity index (χ1v) is 0.428. The van der Waals surface area contributed by atoms with Crippen LogP contribution < -0.4 is 63.3 Å². The smallest absolute Gasteiger partial charge is 0.812 e. The second kappa shape index (κ2) is 8.94. The van der Waals surface area contributed by atoms with Crippen LogP contribution in [0.4, 0.5) is 0 Å². The molecule has 0 rings (SSSR count). The van der Waals surface area contributed by atoms with E-state index in [9.17, 15) is 0 Å². The maximum Gasteiger partial charge on any atom is 1.00 e. The van der Waals surface area contributed by atoms with Crippen molar-refractivity contribution in [1.82, 2.24) is 0 Å². The Bertz CT molecular complexity index is 29.5. The molecule has 0 unspecified atom stereocenters. The minimum atomic E-state index is 0. The maximum atomic E-state index is 8.24. The Kier molecular flexibility index (Phi) is 19.9. The summed E-state index contributed by atoms with van der Waals surface area (Å²) in [6.07, 6.45) is 0.500. The molecule has 0 saturated heterocycles. The third-order valence-corrected chi connectivity index (χ3v) is 0. The summed E-state index contributed by atoms with van der Waals surface area (Å²) in [7, 11) is 0. The third-order valence-electron chi connectivity index (χ3n) is 0. The van der Waals surface area contributed by atoms with Crippen molar-refractivity contribution in [3.63, 3.8) is 0 Å². The second-order valence-corrected chi connectivity index (χ2v) is 0.0913. The summed E-state index contributed by atoms with van der Waals surface area (Å²) in [4.78, 5) is 0. The van der Waals surface area contributed by atoms with E-state index in [-0.39, 0.29) is 58.2 Å². The Morgan fingerprint density at radius 3 is 1.75 bits per heavy atom. The molecular formula is CNORb. The molecule has 0 aromatic carbocycles. The van der Waals surface area contributed by atoms with Gasteiger partial charge in [0.1, 0.15) is 0 Å². The van der Waals surface area contributed by atoms with Gasteiger partial charge in [-0.1, -0.05) is 0 Å². The van der Waals surface area contributed by atoms with E-state index in [2.05, 4.69) is 0 Å². The van der Waals surface area contributed by atoms with E-state index in [1.807, 2.05) is 0 Å². The van der Waals surface area contributed by atoms with Crippen molar-refractivity contribution in [2.24, 2.45) is 0 Å². The molecule has 0 aromatic rings. The fourth-order valence-corrected chi connectivity index (χ4v) is 0. The number of rotatable bonds is 0. The van der Waals surface area contributed by atoms with Crippen molar-refractivity contribution in [2.45, 2.75) is 0 Å². The third kappa shape index (κ3) is 11.3. The molecular weight excluding hydrogens is 127 g/mol. The van der Waals surface area contributed by atoms with E-state index >= 15 is 0 Å². The average molecular weight is 127 g/mol. The normalized spacial score (nSPS) is 1.75. The number of hydrogen-bond acceptors (Lipinski definition) is 2. The Balaban J connectivity index is 0. The van der Waals surface area contributed by atoms with E-state index in [1.165, 1.54) is 0 Å². The zero-order valence-electron chi connectivity index (χ0n) is 2.36. The Morgan fingerprint density at radius 1 is 1.75 bits per heavy atom. The SMILES string of the molecule is N#C[O-].[Rb+]. The number of hydrogen-bond donors (Lipinski definition) is 0. The minimum absolute atomic E-state index is 0. The molecule has 0 saturated carbocycles. The van der Waals surface area contributed by atoms with Gasteiger partial charge in [0.25, 0.3) is 0 Å². The summed E-state index contributed by atoms with van der Waals surface area (Å²) in [6, 6.07) is 0. The molecule has 0 fully saturated rings. The van der Waals surface area contributed by atoms with Gasteiger partial charge in [-0.25, -0.2) is 5.26 Å². The van der Waals surface area contributed by atoms with Crippen molar-refractivity contribution in [3.8, 4) is 6.26 Å². The molecule has 0 bridgehead atoms. The summed E-state index contributed by atoms with van der Waals surface area (Å²) in [5.74, 6) is 0. The molecule has 0 spiro atoms. The van der Waals surface area contributed by atoms with Crippen LogP contribution in [0.3, 0.4) is 0 Å². The topological polar surface area (TPSA) is 46.8 Å². The van der Waals surface area contributed by atoms with Gasteiger partial charge in [-0.3, -0.25) is 0 Å². The molecule has 0 atom stereocenters. The Morgan fingerprint density at radius 2 is 1.75 bits per heavy atom. The van der Waals surface area contributed by atoms with Gasteiger partial charge in [0.15, 0.2) is 0 Å². The maximum absolute atomic E-state index is 8.24. The van der Waals surface area contributed by atoms with Crippen molar-refractivity contribution < 1.29 is 63.3 Å². The summed E-state index contributed by atoms with van der Waals surface area (Å²) in [5.41, 5.74) is 0. The predicted octanol–water partition coefficient (Wildman–Crippen LogP) is -4.17. The van der Waals surface area contributed by atoms with Crippen molar-refractivity contribution in [3.05, 3.63) is 0 Å². The van der Waals surface area contributed by atoms with E-state index in [1.54, 1.807) is 0 Å². The molecule has 0 amide bonds. The van der Waals surface area contributed by atoms with E-state index < -0.39 is 0 Å². The zero-order chi connectivity index (χ0) is 2.71. The zero-order valence-corrected chi connectivity index (χ0v) is 7.27. The van der Waals surface area contributed by atoms with E-state index in [4.69, 9.17) is 10.4 Å². The van der Waals surface area contributed by atoms with Gasteiger partial charge in [0, 0.05) is 6.26 Å². The van der Waals surface area contributed by atoms with E-state index in [0.29, 0.717) is 6.26 Å². The standard InChI is InChI=1S/CHNO.Rb/c2-1-3;/h3H;/q;+1/p-1. The van der Waals surface area contributed by atoms with Gasteiger partial charge in [0.05, 0.1) is 0 Å². The van der Waals surface area contributed by atoms with Crippen molar-refractivity contribution in [2.75, 3.05) is 0 Å². The van der Waals surface area contributed by atoms with Crippen LogP contribution in [-0.4, -0.2) is 0 Å². The average Bonchev–Trinajstić information content (AvgIpc) is 0.918. The number of nitrogens with zero attached hydrogens (tertiary/aromatic N) is 1. The summed E-state index contributed by atoms with van der Waals surface area (Å²) in [5, 5.41) is 15.0. The molecule has 0 N–H and O–H groups in total. The molecule has 0 aliphatic heterocycles.